The molecule has 12 heavy (non-hydrogen) atoms. The molecule has 1 aliphatic carbocycles. The molecule has 0 aliphatic heterocycles. The third-order valence-electron chi connectivity index (χ3n) is 2.55. The van der Waals surface area contributed by atoms with Crippen LogP contribution in [-0.2, 0) is 4.79 Å². The van der Waals surface area contributed by atoms with Crippen LogP contribution in [0.1, 0.15) is 25.7 Å². The molecule has 0 bridgehead atoms. The van der Waals surface area contributed by atoms with Gasteiger partial charge in [-0.3, -0.25) is 4.79 Å². The minimum atomic E-state index is -0.975. The predicted octanol–water partition coefficient (Wildman–Crippen LogP) is -0.650. The van der Waals surface area contributed by atoms with Crippen molar-refractivity contribution < 1.29 is 9.90 Å². The Kier molecular flexibility index (Phi) is 3.05. The number of hydrogen-bond donors (Lipinski definition) is 3. The zero-order valence-electron chi connectivity index (χ0n) is 7.07. The Labute approximate surface area is 71.9 Å². The van der Waals surface area contributed by atoms with Crippen molar-refractivity contribution in [3.05, 3.63) is 0 Å². The smallest absolute Gasteiger partial charge is 0.246 e. The maximum absolute atomic E-state index is 10.6. The van der Waals surface area contributed by atoms with Crippen molar-refractivity contribution in [2.45, 2.75) is 37.8 Å². The summed E-state index contributed by atoms with van der Waals surface area (Å²) in [6, 6.07) is 0.237. The standard InChI is InChI=1S/C8H16N2O2/c9-6-3-1-5(2-4-6)7(11)8(10)12/h5-7,11H,1-4,9H2,(H2,10,12)/t5-,6+,7-/m0/s1. The van der Waals surface area contributed by atoms with E-state index in [1.54, 1.807) is 0 Å². The average molecular weight is 172 g/mol. The number of nitrogens with two attached hydrogens (primary N) is 2. The van der Waals surface area contributed by atoms with Gasteiger partial charge in [0.2, 0.25) is 5.91 Å². The van der Waals surface area contributed by atoms with Crippen molar-refractivity contribution in [3.8, 4) is 0 Å². The second-order valence-corrected chi connectivity index (χ2v) is 3.52. The van der Waals surface area contributed by atoms with Crippen LogP contribution in [0.4, 0.5) is 0 Å². The van der Waals surface area contributed by atoms with Crippen LogP contribution in [0.15, 0.2) is 0 Å². The molecule has 4 heteroatoms. The van der Waals surface area contributed by atoms with Gasteiger partial charge >= 0.3 is 0 Å². The third-order valence-corrected chi connectivity index (χ3v) is 2.55. The summed E-state index contributed by atoms with van der Waals surface area (Å²) in [4.78, 5) is 10.6. The second-order valence-electron chi connectivity index (χ2n) is 3.52. The van der Waals surface area contributed by atoms with Gasteiger partial charge in [-0.1, -0.05) is 0 Å². The fraction of sp³-hybridized carbons (Fsp3) is 0.875. The molecule has 0 spiro atoms. The maximum Gasteiger partial charge on any atom is 0.246 e. The molecule has 0 heterocycles. The van der Waals surface area contributed by atoms with Gasteiger partial charge in [-0.05, 0) is 31.6 Å². The van der Waals surface area contributed by atoms with E-state index in [4.69, 9.17) is 11.5 Å². The number of primary amides is 1. The quantitative estimate of drug-likeness (QED) is 0.517. The van der Waals surface area contributed by atoms with E-state index in [2.05, 4.69) is 0 Å². The lowest BCUT2D eigenvalue weighted by Crippen LogP contribution is -2.39. The zero-order valence-corrected chi connectivity index (χ0v) is 7.07. The largest absolute Gasteiger partial charge is 0.383 e. The summed E-state index contributed by atoms with van der Waals surface area (Å²) >= 11 is 0. The average Bonchev–Trinajstić information content (AvgIpc) is 2.04. The van der Waals surface area contributed by atoms with E-state index >= 15 is 0 Å². The van der Waals surface area contributed by atoms with Gasteiger partial charge in [0.05, 0.1) is 0 Å². The zero-order chi connectivity index (χ0) is 9.14. The van der Waals surface area contributed by atoms with Crippen LogP contribution in [0, 0.1) is 5.92 Å². The monoisotopic (exact) mass is 172 g/mol. The van der Waals surface area contributed by atoms with Gasteiger partial charge in [-0.15, -0.1) is 0 Å². The number of carbonyl (C=O) groups excluding carboxylic acids is 1. The van der Waals surface area contributed by atoms with Gasteiger partial charge in [0.15, 0.2) is 0 Å². The summed E-state index contributed by atoms with van der Waals surface area (Å²) in [6.07, 6.45) is 2.41. The number of aliphatic hydroxyl groups is 1. The summed E-state index contributed by atoms with van der Waals surface area (Å²) in [7, 11) is 0. The molecule has 0 aromatic heterocycles. The lowest BCUT2D eigenvalue weighted by Gasteiger charge is -2.27. The third kappa shape index (κ3) is 2.19. The van der Waals surface area contributed by atoms with Gasteiger partial charge in [0, 0.05) is 6.04 Å². The number of hydrogen-bond acceptors (Lipinski definition) is 3. The summed E-state index contributed by atoms with van der Waals surface area (Å²) in [6.45, 7) is 0. The number of aliphatic hydroxyl groups excluding tert-OH is 1. The fourth-order valence-electron chi connectivity index (χ4n) is 1.69. The molecule has 0 radical (unpaired) electrons. The van der Waals surface area contributed by atoms with Crippen LogP contribution in [-0.4, -0.2) is 23.2 Å². The summed E-state index contributed by atoms with van der Waals surface area (Å²) in [5.41, 5.74) is 10.7. The first-order valence-corrected chi connectivity index (χ1v) is 4.34. The van der Waals surface area contributed by atoms with Crippen LogP contribution >= 0.6 is 0 Å². The first-order valence-electron chi connectivity index (χ1n) is 4.34. The molecule has 70 valence electrons. The van der Waals surface area contributed by atoms with Crippen LogP contribution in [0.3, 0.4) is 0 Å². The fourth-order valence-corrected chi connectivity index (χ4v) is 1.69. The molecule has 0 unspecified atom stereocenters. The van der Waals surface area contributed by atoms with E-state index in [0.29, 0.717) is 0 Å². The first-order chi connectivity index (χ1) is 5.61. The second kappa shape index (κ2) is 3.87. The molecule has 0 aromatic carbocycles. The van der Waals surface area contributed by atoms with Crippen molar-refractivity contribution >= 4 is 5.91 Å². The minimum Gasteiger partial charge on any atom is -0.383 e. The van der Waals surface area contributed by atoms with E-state index in [1.807, 2.05) is 0 Å². The highest BCUT2D eigenvalue weighted by atomic mass is 16.3. The van der Waals surface area contributed by atoms with Crippen LogP contribution in [0.5, 0.6) is 0 Å². The highest BCUT2D eigenvalue weighted by molar-refractivity contribution is 5.78. The molecule has 1 fully saturated rings. The highest BCUT2D eigenvalue weighted by Crippen LogP contribution is 2.25. The van der Waals surface area contributed by atoms with Crippen LogP contribution in [0.2, 0.25) is 0 Å². The lowest BCUT2D eigenvalue weighted by atomic mass is 9.83. The topological polar surface area (TPSA) is 89.3 Å². The summed E-state index contributed by atoms with van der Waals surface area (Å²) in [5.74, 6) is -0.585. The molecule has 0 aromatic rings. The van der Waals surface area contributed by atoms with Gasteiger partial charge in [0.25, 0.3) is 0 Å². The Morgan fingerprint density at radius 2 is 1.83 bits per heavy atom. The maximum atomic E-state index is 10.6. The van der Waals surface area contributed by atoms with E-state index in [-0.39, 0.29) is 12.0 Å². The summed E-state index contributed by atoms with van der Waals surface area (Å²) in [5, 5.41) is 9.32. The molecular weight excluding hydrogens is 156 g/mol. The molecule has 1 amide bonds. The van der Waals surface area contributed by atoms with Crippen molar-refractivity contribution in [3.63, 3.8) is 0 Å². The van der Waals surface area contributed by atoms with Crippen molar-refractivity contribution in [1.29, 1.82) is 0 Å². The molecule has 1 rings (SSSR count). The number of carbonyl (C=O) groups is 1. The van der Waals surface area contributed by atoms with Crippen molar-refractivity contribution in [1.82, 2.24) is 0 Å². The Balaban J connectivity index is 2.39. The van der Waals surface area contributed by atoms with Gasteiger partial charge < -0.3 is 16.6 Å². The lowest BCUT2D eigenvalue weighted by molar-refractivity contribution is -0.129. The van der Waals surface area contributed by atoms with E-state index in [1.165, 1.54) is 0 Å². The molecule has 1 saturated carbocycles. The van der Waals surface area contributed by atoms with Crippen LogP contribution < -0.4 is 11.5 Å². The van der Waals surface area contributed by atoms with E-state index < -0.39 is 12.0 Å². The SMILES string of the molecule is NC(=O)[C@@H](O)[C@H]1CC[C@@H](N)CC1. The normalized spacial score (nSPS) is 32.8. The highest BCUT2D eigenvalue weighted by Gasteiger charge is 2.27. The van der Waals surface area contributed by atoms with E-state index in [0.717, 1.165) is 25.7 Å². The number of amides is 1. The van der Waals surface area contributed by atoms with Crippen molar-refractivity contribution in [2.24, 2.45) is 17.4 Å². The Morgan fingerprint density at radius 1 is 1.33 bits per heavy atom. The van der Waals surface area contributed by atoms with E-state index in [9.17, 15) is 9.90 Å². The Morgan fingerprint density at radius 3 is 2.25 bits per heavy atom. The minimum absolute atomic E-state index is 0.0299. The van der Waals surface area contributed by atoms with Crippen molar-refractivity contribution in [2.75, 3.05) is 0 Å². The predicted molar refractivity (Wildman–Crippen MR) is 45.1 cm³/mol. The first kappa shape index (κ1) is 9.48. The molecule has 4 nitrogen and oxygen atoms in total. The molecule has 0 saturated heterocycles. The molecular formula is C8H16N2O2. The van der Waals surface area contributed by atoms with Gasteiger partial charge in [0.1, 0.15) is 6.10 Å². The Hall–Kier alpha value is -0.610. The molecule has 1 atom stereocenters. The molecule has 1 aliphatic rings. The Bertz CT molecular complexity index is 164. The van der Waals surface area contributed by atoms with Gasteiger partial charge in [-0.25, -0.2) is 0 Å². The number of rotatable bonds is 2. The van der Waals surface area contributed by atoms with Crippen LogP contribution in [0.25, 0.3) is 0 Å². The van der Waals surface area contributed by atoms with Gasteiger partial charge in [-0.2, -0.15) is 0 Å². The summed E-state index contributed by atoms with van der Waals surface area (Å²) < 4.78 is 0. The molecule has 5 N–H and O–H groups in total.